The molecule has 1 N–H and O–H groups in total. The van der Waals surface area contributed by atoms with E-state index < -0.39 is 0 Å². The van der Waals surface area contributed by atoms with Crippen molar-refractivity contribution in [3.8, 4) is 0 Å². The van der Waals surface area contributed by atoms with Gasteiger partial charge in [0.15, 0.2) is 0 Å². The van der Waals surface area contributed by atoms with Crippen molar-refractivity contribution in [2.75, 3.05) is 24.5 Å². The van der Waals surface area contributed by atoms with Gasteiger partial charge < -0.3 is 10.2 Å². The Morgan fingerprint density at radius 2 is 1.83 bits per heavy atom. The van der Waals surface area contributed by atoms with Crippen LogP contribution in [0.25, 0.3) is 0 Å². The van der Waals surface area contributed by atoms with Crippen molar-refractivity contribution < 1.29 is 4.79 Å². The molecule has 1 aliphatic heterocycles. The van der Waals surface area contributed by atoms with E-state index in [1.54, 1.807) is 6.20 Å². The highest BCUT2D eigenvalue weighted by molar-refractivity contribution is 5.99. The first-order valence-corrected chi connectivity index (χ1v) is 8.82. The van der Waals surface area contributed by atoms with Gasteiger partial charge in [0.05, 0.1) is 5.56 Å². The number of hydrogen-bond donors (Lipinski definition) is 1. The molecule has 24 heavy (non-hydrogen) atoms. The summed E-state index contributed by atoms with van der Waals surface area (Å²) in [5, 5.41) is 3.16. The monoisotopic (exact) mass is 321 g/mol. The van der Waals surface area contributed by atoms with Crippen LogP contribution in [0.15, 0.2) is 48.7 Å². The predicted octanol–water partition coefficient (Wildman–Crippen LogP) is 3.14. The van der Waals surface area contributed by atoms with E-state index in [4.69, 9.17) is 0 Å². The summed E-state index contributed by atoms with van der Waals surface area (Å²) in [5.74, 6) is 0.823. The Kier molecular flexibility index (Phi) is 3.97. The standard InChI is InChI=1S/C20H23N3O/c24-19(17-9-6-12-21-18(17)23-13-4-5-14-23)22-15-20(10-11-20)16-7-2-1-3-8-16/h1-3,6-9,12H,4-5,10-11,13-15H2,(H,22,24). The number of hydrogen-bond acceptors (Lipinski definition) is 3. The van der Waals surface area contributed by atoms with E-state index in [1.807, 2.05) is 18.2 Å². The second-order valence-electron chi connectivity index (χ2n) is 6.90. The lowest BCUT2D eigenvalue weighted by Crippen LogP contribution is -2.33. The molecule has 2 fully saturated rings. The number of amides is 1. The van der Waals surface area contributed by atoms with Gasteiger partial charge in [0.25, 0.3) is 5.91 Å². The molecular weight excluding hydrogens is 298 g/mol. The second kappa shape index (κ2) is 6.27. The summed E-state index contributed by atoms with van der Waals surface area (Å²) in [6, 6.07) is 14.2. The molecule has 1 aromatic heterocycles. The minimum atomic E-state index is -0.00722. The third-order valence-corrected chi connectivity index (χ3v) is 5.26. The van der Waals surface area contributed by atoms with Crippen LogP contribution >= 0.6 is 0 Å². The lowest BCUT2D eigenvalue weighted by molar-refractivity contribution is 0.0950. The van der Waals surface area contributed by atoms with Crippen molar-refractivity contribution in [1.82, 2.24) is 10.3 Å². The van der Waals surface area contributed by atoms with E-state index in [0.29, 0.717) is 12.1 Å². The zero-order valence-corrected chi connectivity index (χ0v) is 13.9. The van der Waals surface area contributed by atoms with Gasteiger partial charge in [-0.05, 0) is 43.4 Å². The Morgan fingerprint density at radius 3 is 2.54 bits per heavy atom. The molecule has 1 saturated carbocycles. The van der Waals surface area contributed by atoms with E-state index in [-0.39, 0.29) is 11.3 Å². The fourth-order valence-corrected chi connectivity index (χ4v) is 3.61. The first kappa shape index (κ1) is 15.2. The Morgan fingerprint density at radius 1 is 1.08 bits per heavy atom. The number of rotatable bonds is 5. The second-order valence-corrected chi connectivity index (χ2v) is 6.90. The molecular formula is C20H23N3O. The van der Waals surface area contributed by atoms with E-state index in [0.717, 1.165) is 31.7 Å². The van der Waals surface area contributed by atoms with Gasteiger partial charge in [-0.1, -0.05) is 30.3 Å². The summed E-state index contributed by atoms with van der Waals surface area (Å²) in [4.78, 5) is 19.4. The van der Waals surface area contributed by atoms with Gasteiger partial charge in [0.2, 0.25) is 0 Å². The quantitative estimate of drug-likeness (QED) is 0.920. The SMILES string of the molecule is O=C(NCC1(c2ccccc2)CC1)c1cccnc1N1CCCC1. The van der Waals surface area contributed by atoms with Crippen LogP contribution in [0, 0.1) is 0 Å². The minimum absolute atomic E-state index is 0.00722. The minimum Gasteiger partial charge on any atom is -0.356 e. The molecule has 4 heteroatoms. The molecule has 1 aliphatic carbocycles. The van der Waals surface area contributed by atoms with E-state index in [1.165, 1.54) is 18.4 Å². The number of nitrogens with zero attached hydrogens (tertiary/aromatic N) is 2. The number of carbonyl (C=O) groups is 1. The van der Waals surface area contributed by atoms with Crippen molar-refractivity contribution in [2.24, 2.45) is 0 Å². The van der Waals surface area contributed by atoms with Crippen molar-refractivity contribution in [3.05, 3.63) is 59.8 Å². The van der Waals surface area contributed by atoms with E-state index in [9.17, 15) is 4.79 Å². The lowest BCUT2D eigenvalue weighted by Gasteiger charge is -2.21. The number of carbonyl (C=O) groups excluding carboxylic acids is 1. The van der Waals surface area contributed by atoms with E-state index in [2.05, 4.69) is 39.5 Å². The van der Waals surface area contributed by atoms with Gasteiger partial charge in [0.1, 0.15) is 5.82 Å². The summed E-state index contributed by atoms with van der Waals surface area (Å²) >= 11 is 0. The van der Waals surface area contributed by atoms with Crippen LogP contribution in [-0.4, -0.2) is 30.5 Å². The number of benzene rings is 1. The van der Waals surface area contributed by atoms with Crippen molar-refractivity contribution in [3.63, 3.8) is 0 Å². The highest BCUT2D eigenvalue weighted by Gasteiger charge is 2.44. The van der Waals surface area contributed by atoms with Crippen LogP contribution in [0.3, 0.4) is 0 Å². The number of aromatic nitrogens is 1. The van der Waals surface area contributed by atoms with Gasteiger partial charge in [-0.15, -0.1) is 0 Å². The maximum Gasteiger partial charge on any atom is 0.255 e. The molecule has 1 aromatic carbocycles. The Labute approximate surface area is 142 Å². The molecule has 1 amide bonds. The van der Waals surface area contributed by atoms with Crippen LogP contribution < -0.4 is 10.2 Å². The first-order valence-electron chi connectivity index (χ1n) is 8.82. The first-order chi connectivity index (χ1) is 11.8. The molecule has 4 rings (SSSR count). The largest absolute Gasteiger partial charge is 0.356 e. The Hall–Kier alpha value is -2.36. The fourth-order valence-electron chi connectivity index (χ4n) is 3.61. The summed E-state index contributed by atoms with van der Waals surface area (Å²) in [7, 11) is 0. The third-order valence-electron chi connectivity index (χ3n) is 5.26. The molecule has 124 valence electrons. The zero-order chi connectivity index (χ0) is 16.4. The Bertz CT molecular complexity index is 719. The maximum absolute atomic E-state index is 12.8. The van der Waals surface area contributed by atoms with Gasteiger partial charge >= 0.3 is 0 Å². The number of pyridine rings is 1. The third kappa shape index (κ3) is 2.88. The fraction of sp³-hybridized carbons (Fsp3) is 0.400. The number of anilines is 1. The molecule has 4 nitrogen and oxygen atoms in total. The Balaban J connectivity index is 1.48. The molecule has 2 aromatic rings. The van der Waals surface area contributed by atoms with Crippen molar-refractivity contribution in [1.29, 1.82) is 0 Å². The maximum atomic E-state index is 12.8. The summed E-state index contributed by atoms with van der Waals surface area (Å²) in [5.41, 5.74) is 2.16. The van der Waals surface area contributed by atoms with Crippen LogP contribution in [0.1, 0.15) is 41.6 Å². The van der Waals surface area contributed by atoms with Crippen LogP contribution in [0.4, 0.5) is 5.82 Å². The highest BCUT2D eigenvalue weighted by Crippen LogP contribution is 2.47. The topological polar surface area (TPSA) is 45.2 Å². The summed E-state index contributed by atoms with van der Waals surface area (Å²) in [6.45, 7) is 2.68. The normalized spacial score (nSPS) is 18.4. The molecule has 1 saturated heterocycles. The summed E-state index contributed by atoms with van der Waals surface area (Å²) in [6.07, 6.45) is 6.41. The molecule has 2 aliphatic rings. The van der Waals surface area contributed by atoms with Crippen molar-refractivity contribution in [2.45, 2.75) is 31.1 Å². The van der Waals surface area contributed by atoms with Crippen LogP contribution in [0.5, 0.6) is 0 Å². The lowest BCUT2D eigenvalue weighted by atomic mass is 9.96. The van der Waals surface area contributed by atoms with Gasteiger partial charge in [0, 0.05) is 31.2 Å². The highest BCUT2D eigenvalue weighted by atomic mass is 16.1. The van der Waals surface area contributed by atoms with Gasteiger partial charge in [-0.3, -0.25) is 4.79 Å². The molecule has 0 unspecified atom stereocenters. The van der Waals surface area contributed by atoms with Crippen molar-refractivity contribution >= 4 is 11.7 Å². The molecule has 0 bridgehead atoms. The zero-order valence-electron chi connectivity index (χ0n) is 13.9. The molecule has 0 atom stereocenters. The molecule has 0 radical (unpaired) electrons. The molecule has 0 spiro atoms. The summed E-state index contributed by atoms with van der Waals surface area (Å²) < 4.78 is 0. The smallest absolute Gasteiger partial charge is 0.255 e. The number of nitrogens with one attached hydrogen (secondary N) is 1. The van der Waals surface area contributed by atoms with Gasteiger partial charge in [-0.25, -0.2) is 4.98 Å². The molecule has 2 heterocycles. The average Bonchev–Trinajstić information content (AvgIpc) is 3.24. The van der Waals surface area contributed by atoms with Crippen LogP contribution in [0.2, 0.25) is 0 Å². The van der Waals surface area contributed by atoms with Crippen LogP contribution in [-0.2, 0) is 5.41 Å². The predicted molar refractivity (Wildman–Crippen MR) is 95.4 cm³/mol. The van der Waals surface area contributed by atoms with E-state index >= 15 is 0 Å². The van der Waals surface area contributed by atoms with Gasteiger partial charge in [-0.2, -0.15) is 0 Å². The average molecular weight is 321 g/mol.